The number of carbonyl (C=O) groups is 2. The Balaban J connectivity index is 1.48. The van der Waals surface area contributed by atoms with E-state index in [2.05, 4.69) is 4.98 Å². The number of hydrogen-bond donors (Lipinski definition) is 1. The van der Waals surface area contributed by atoms with Crippen LogP contribution in [-0.4, -0.2) is 36.6 Å². The molecule has 1 heterocycles. The second-order valence-corrected chi connectivity index (χ2v) is 6.79. The molecule has 1 atom stereocenters. The highest BCUT2D eigenvalue weighted by atomic mass is 16.5. The predicted molar refractivity (Wildman–Crippen MR) is 111 cm³/mol. The van der Waals surface area contributed by atoms with E-state index in [1.807, 2.05) is 43.3 Å². The van der Waals surface area contributed by atoms with Gasteiger partial charge in [0.25, 0.3) is 0 Å². The summed E-state index contributed by atoms with van der Waals surface area (Å²) >= 11 is 0. The third kappa shape index (κ3) is 4.96. The predicted octanol–water partition coefficient (Wildman–Crippen LogP) is 4.46. The van der Waals surface area contributed by atoms with Crippen molar-refractivity contribution in [1.82, 2.24) is 4.98 Å². The van der Waals surface area contributed by atoms with Crippen LogP contribution in [0.3, 0.4) is 0 Å². The van der Waals surface area contributed by atoms with Crippen LogP contribution in [0.15, 0.2) is 48.5 Å². The number of esters is 1. The lowest BCUT2D eigenvalue weighted by Gasteiger charge is -2.13. The highest BCUT2D eigenvalue weighted by molar-refractivity contribution is 6.11. The Morgan fingerprint density at radius 1 is 1.03 bits per heavy atom. The Hall–Kier alpha value is -3.28. The largest absolute Gasteiger partial charge is 0.497 e. The summed E-state index contributed by atoms with van der Waals surface area (Å²) in [5.41, 5.74) is 2.23. The molecule has 0 aliphatic rings. The number of ketones is 1. The van der Waals surface area contributed by atoms with Crippen molar-refractivity contribution in [2.45, 2.75) is 32.8 Å². The first-order valence-electron chi connectivity index (χ1n) is 9.57. The van der Waals surface area contributed by atoms with E-state index in [0.717, 1.165) is 22.3 Å². The molecule has 0 saturated heterocycles. The smallest absolute Gasteiger partial charge is 0.306 e. The van der Waals surface area contributed by atoms with E-state index in [1.165, 1.54) is 0 Å². The molecule has 0 aliphatic heterocycles. The molecule has 0 amide bonds. The Morgan fingerprint density at radius 2 is 1.72 bits per heavy atom. The molecule has 6 nitrogen and oxygen atoms in total. The molecular formula is C23H25NO5. The zero-order chi connectivity index (χ0) is 20.8. The van der Waals surface area contributed by atoms with E-state index in [9.17, 15) is 9.59 Å². The van der Waals surface area contributed by atoms with Gasteiger partial charge in [0.15, 0.2) is 6.10 Å². The first kappa shape index (κ1) is 20.5. The third-order valence-corrected chi connectivity index (χ3v) is 4.67. The molecule has 2 aromatic carbocycles. The van der Waals surface area contributed by atoms with Gasteiger partial charge in [-0.15, -0.1) is 0 Å². The van der Waals surface area contributed by atoms with Crippen LogP contribution >= 0.6 is 0 Å². The van der Waals surface area contributed by atoms with Gasteiger partial charge in [-0.25, -0.2) is 0 Å². The first-order valence-corrected chi connectivity index (χ1v) is 9.57. The van der Waals surface area contributed by atoms with Crippen molar-refractivity contribution in [2.75, 3.05) is 13.7 Å². The van der Waals surface area contributed by atoms with Crippen LogP contribution in [-0.2, 0) is 9.53 Å². The summed E-state index contributed by atoms with van der Waals surface area (Å²) < 4.78 is 16.0. The van der Waals surface area contributed by atoms with Gasteiger partial charge in [-0.2, -0.15) is 0 Å². The molecule has 29 heavy (non-hydrogen) atoms. The third-order valence-electron chi connectivity index (χ3n) is 4.67. The standard InChI is InChI=1S/C23H25NO5/c1-15-22(19-7-4-5-8-20(19)24-15)23(26)16(2)29-21(25)9-6-14-28-18-12-10-17(27-3)11-13-18/h4-5,7-8,10-13,16,24H,6,9,14H2,1-3H3/t16-/m1/s1. The molecule has 3 rings (SSSR count). The minimum absolute atomic E-state index is 0.181. The van der Waals surface area contributed by atoms with Crippen LogP contribution in [0.2, 0.25) is 0 Å². The van der Waals surface area contributed by atoms with Gasteiger partial charge in [-0.05, 0) is 50.6 Å². The molecule has 0 radical (unpaired) electrons. The van der Waals surface area contributed by atoms with Gasteiger partial charge in [-0.1, -0.05) is 18.2 Å². The molecule has 3 aromatic rings. The monoisotopic (exact) mass is 395 g/mol. The summed E-state index contributed by atoms with van der Waals surface area (Å²) in [5, 5.41) is 0.839. The molecule has 6 heteroatoms. The van der Waals surface area contributed by atoms with Crippen LogP contribution in [0.4, 0.5) is 0 Å². The maximum atomic E-state index is 12.8. The van der Waals surface area contributed by atoms with Gasteiger partial charge in [0.1, 0.15) is 11.5 Å². The minimum atomic E-state index is -0.845. The Labute approximate surface area is 169 Å². The van der Waals surface area contributed by atoms with Crippen molar-refractivity contribution in [3.63, 3.8) is 0 Å². The van der Waals surface area contributed by atoms with E-state index in [-0.39, 0.29) is 12.2 Å². The molecule has 0 unspecified atom stereocenters. The molecule has 0 fully saturated rings. The highest BCUT2D eigenvalue weighted by Crippen LogP contribution is 2.24. The Kier molecular flexibility index (Phi) is 6.54. The van der Waals surface area contributed by atoms with Gasteiger partial charge < -0.3 is 19.2 Å². The van der Waals surface area contributed by atoms with Gasteiger partial charge >= 0.3 is 5.97 Å². The van der Waals surface area contributed by atoms with Crippen molar-refractivity contribution in [1.29, 1.82) is 0 Å². The van der Waals surface area contributed by atoms with Crippen LogP contribution in [0.25, 0.3) is 10.9 Å². The topological polar surface area (TPSA) is 77.6 Å². The number of nitrogens with one attached hydrogen (secondary N) is 1. The molecule has 0 saturated carbocycles. The van der Waals surface area contributed by atoms with E-state index >= 15 is 0 Å². The molecular weight excluding hydrogens is 370 g/mol. The number of para-hydroxylation sites is 1. The van der Waals surface area contributed by atoms with Crippen LogP contribution < -0.4 is 9.47 Å². The number of methoxy groups -OCH3 is 1. The highest BCUT2D eigenvalue weighted by Gasteiger charge is 2.24. The zero-order valence-electron chi connectivity index (χ0n) is 16.9. The number of aromatic amines is 1. The van der Waals surface area contributed by atoms with Crippen molar-refractivity contribution < 1.29 is 23.8 Å². The number of H-pyrrole nitrogens is 1. The van der Waals surface area contributed by atoms with E-state index in [4.69, 9.17) is 14.2 Å². The van der Waals surface area contributed by atoms with Crippen LogP contribution in [0.1, 0.15) is 35.8 Å². The Bertz CT molecular complexity index is 990. The lowest BCUT2D eigenvalue weighted by atomic mass is 10.0. The SMILES string of the molecule is COc1ccc(OCCCC(=O)O[C@H](C)C(=O)c2c(C)[nH]c3ccccc23)cc1. The summed E-state index contributed by atoms with van der Waals surface area (Å²) in [4.78, 5) is 28.1. The second kappa shape index (κ2) is 9.28. The number of benzene rings is 2. The number of Topliss-reactive ketones (excluding diaryl/α,β-unsaturated/α-hetero) is 1. The fourth-order valence-corrected chi connectivity index (χ4v) is 3.19. The lowest BCUT2D eigenvalue weighted by Crippen LogP contribution is -2.25. The molecule has 0 aliphatic carbocycles. The number of fused-ring (bicyclic) bond motifs is 1. The number of ether oxygens (including phenoxy) is 3. The minimum Gasteiger partial charge on any atom is -0.497 e. The van der Waals surface area contributed by atoms with Crippen molar-refractivity contribution in [3.8, 4) is 11.5 Å². The quantitative estimate of drug-likeness (QED) is 0.329. The average Bonchev–Trinajstić information content (AvgIpc) is 3.06. The molecule has 1 N–H and O–H groups in total. The van der Waals surface area contributed by atoms with Gasteiger partial charge in [0.05, 0.1) is 13.7 Å². The number of rotatable bonds is 9. The number of aryl methyl sites for hydroxylation is 1. The molecule has 152 valence electrons. The summed E-state index contributed by atoms with van der Waals surface area (Å²) in [6.45, 7) is 3.83. The van der Waals surface area contributed by atoms with Crippen molar-refractivity contribution >= 4 is 22.7 Å². The number of carbonyl (C=O) groups excluding carboxylic acids is 2. The van der Waals surface area contributed by atoms with Crippen molar-refractivity contribution in [3.05, 3.63) is 59.8 Å². The molecule has 1 aromatic heterocycles. The first-order chi connectivity index (χ1) is 14.0. The van der Waals surface area contributed by atoms with Gasteiger partial charge in [0, 0.05) is 28.6 Å². The number of hydrogen-bond acceptors (Lipinski definition) is 5. The van der Waals surface area contributed by atoms with Crippen LogP contribution in [0.5, 0.6) is 11.5 Å². The maximum absolute atomic E-state index is 12.8. The molecule has 0 spiro atoms. The fraction of sp³-hybridized carbons (Fsp3) is 0.304. The molecule has 0 bridgehead atoms. The van der Waals surface area contributed by atoms with E-state index in [1.54, 1.807) is 26.2 Å². The van der Waals surface area contributed by atoms with Gasteiger partial charge in [-0.3, -0.25) is 9.59 Å². The van der Waals surface area contributed by atoms with E-state index in [0.29, 0.717) is 24.3 Å². The summed E-state index contributed by atoms with van der Waals surface area (Å²) in [6.07, 6.45) is -0.165. The summed E-state index contributed by atoms with van der Waals surface area (Å²) in [7, 11) is 1.60. The van der Waals surface area contributed by atoms with Gasteiger partial charge in [0.2, 0.25) is 5.78 Å². The number of aromatic nitrogens is 1. The zero-order valence-corrected chi connectivity index (χ0v) is 16.9. The fourth-order valence-electron chi connectivity index (χ4n) is 3.19. The average molecular weight is 395 g/mol. The summed E-state index contributed by atoms with van der Waals surface area (Å²) in [6, 6.07) is 14.8. The normalized spacial score (nSPS) is 11.8. The van der Waals surface area contributed by atoms with Crippen molar-refractivity contribution in [2.24, 2.45) is 0 Å². The lowest BCUT2D eigenvalue weighted by molar-refractivity contribution is -0.146. The summed E-state index contributed by atoms with van der Waals surface area (Å²) in [5.74, 6) is 0.840. The second-order valence-electron chi connectivity index (χ2n) is 6.79. The van der Waals surface area contributed by atoms with E-state index < -0.39 is 12.1 Å². The Morgan fingerprint density at radius 3 is 2.45 bits per heavy atom. The maximum Gasteiger partial charge on any atom is 0.306 e. The van der Waals surface area contributed by atoms with Crippen LogP contribution in [0, 0.1) is 6.92 Å².